The number of amides is 4. The molecular weight excluding hydrogens is 536 g/mol. The van der Waals surface area contributed by atoms with Gasteiger partial charge in [0.1, 0.15) is 23.2 Å². The Morgan fingerprint density at radius 3 is 2.42 bits per heavy atom. The highest BCUT2D eigenvalue weighted by atomic mass is 32.2. The molecule has 3 N–H and O–H groups in total. The van der Waals surface area contributed by atoms with Crippen molar-refractivity contribution < 1.29 is 32.3 Å². The smallest absolute Gasteiger partial charge is 0.408 e. The number of rotatable bonds is 4. The molecule has 0 aromatic heterocycles. The Morgan fingerprint density at radius 1 is 1.02 bits per heavy atom. The predicted molar refractivity (Wildman–Crippen MR) is 148 cm³/mol. The highest BCUT2D eigenvalue weighted by molar-refractivity contribution is 7.90. The van der Waals surface area contributed by atoms with Crippen LogP contribution in [0.3, 0.4) is 0 Å². The van der Waals surface area contributed by atoms with Crippen molar-refractivity contribution in [3.05, 3.63) is 12.2 Å². The standard InChI is InChI=1S/C28H44N4O7S/c1-27(2,3)39-26(36)29-21-15-8-6-4-5-7-12-19-18-28(19,25(35)31-40(37,38)20-13-9-10-14-20)30-23(33)22-16-11-17-32(22)24(21)34/h7,12,19-22H,4-6,8-11,13-18H2,1-3H3,(H,29,36)(H,30,33)(H,31,35)/b12-7-/t19-,21+,22+,28-/m1/s1. The molecule has 4 atom stereocenters. The number of nitrogens with one attached hydrogen (secondary N) is 3. The summed E-state index contributed by atoms with van der Waals surface area (Å²) in [5.74, 6) is -1.88. The maximum Gasteiger partial charge on any atom is 0.408 e. The molecule has 1 saturated heterocycles. The second-order valence-electron chi connectivity index (χ2n) is 12.6. The van der Waals surface area contributed by atoms with E-state index in [-0.39, 0.29) is 11.8 Å². The molecule has 40 heavy (non-hydrogen) atoms. The minimum atomic E-state index is -3.85. The first-order chi connectivity index (χ1) is 18.8. The summed E-state index contributed by atoms with van der Waals surface area (Å²) < 4.78 is 33.5. The van der Waals surface area contributed by atoms with Gasteiger partial charge in [0, 0.05) is 12.5 Å². The maximum absolute atomic E-state index is 13.7. The maximum atomic E-state index is 13.7. The van der Waals surface area contributed by atoms with Crippen molar-refractivity contribution in [2.45, 2.75) is 126 Å². The first-order valence-electron chi connectivity index (χ1n) is 14.7. The van der Waals surface area contributed by atoms with Crippen LogP contribution in [-0.2, 0) is 29.1 Å². The molecule has 4 rings (SSSR count). The fourth-order valence-corrected chi connectivity index (χ4v) is 7.61. The van der Waals surface area contributed by atoms with Crippen LogP contribution in [0.1, 0.15) is 97.8 Å². The number of nitrogens with zero attached hydrogens (tertiary/aromatic N) is 1. The van der Waals surface area contributed by atoms with Crippen LogP contribution in [0.25, 0.3) is 0 Å². The molecule has 0 radical (unpaired) electrons. The molecule has 0 aromatic carbocycles. The van der Waals surface area contributed by atoms with Crippen molar-refractivity contribution in [2.75, 3.05) is 6.54 Å². The summed E-state index contributed by atoms with van der Waals surface area (Å²) >= 11 is 0. The van der Waals surface area contributed by atoms with E-state index in [2.05, 4.69) is 15.4 Å². The van der Waals surface area contributed by atoms with Crippen LogP contribution in [0.2, 0.25) is 0 Å². The minimum absolute atomic E-state index is 0.296. The highest BCUT2D eigenvalue weighted by Gasteiger charge is 2.61. The molecule has 2 saturated carbocycles. The fourth-order valence-electron chi connectivity index (χ4n) is 6.05. The zero-order valence-electron chi connectivity index (χ0n) is 23.9. The van der Waals surface area contributed by atoms with E-state index >= 15 is 0 Å². The molecular formula is C28H44N4O7S. The molecule has 11 nitrogen and oxygen atoms in total. The second kappa shape index (κ2) is 12.1. The third kappa shape index (κ3) is 7.16. The number of carbonyl (C=O) groups excluding carboxylic acids is 4. The zero-order valence-corrected chi connectivity index (χ0v) is 24.7. The first kappa shape index (κ1) is 30.3. The van der Waals surface area contributed by atoms with Gasteiger partial charge in [-0.05, 0) is 72.1 Å². The molecule has 2 aliphatic carbocycles. The lowest BCUT2D eigenvalue weighted by atomic mass is 10.0. The molecule has 4 aliphatic rings. The van der Waals surface area contributed by atoms with E-state index in [1.165, 1.54) is 4.90 Å². The molecule has 224 valence electrons. The largest absolute Gasteiger partial charge is 0.444 e. The predicted octanol–water partition coefficient (Wildman–Crippen LogP) is 2.65. The Labute approximate surface area is 237 Å². The molecule has 0 spiro atoms. The van der Waals surface area contributed by atoms with Crippen molar-refractivity contribution in [1.29, 1.82) is 0 Å². The molecule has 4 amide bonds. The van der Waals surface area contributed by atoms with Crippen LogP contribution in [0.15, 0.2) is 12.2 Å². The summed E-state index contributed by atoms with van der Waals surface area (Å²) in [6.07, 6.45) is 10.7. The van der Waals surface area contributed by atoms with Gasteiger partial charge in [-0.25, -0.2) is 13.2 Å². The monoisotopic (exact) mass is 580 g/mol. The zero-order chi connectivity index (χ0) is 29.1. The molecule has 0 unspecified atom stereocenters. The molecule has 2 aliphatic heterocycles. The van der Waals surface area contributed by atoms with E-state index in [1.54, 1.807) is 20.8 Å². The number of fused-ring (bicyclic) bond motifs is 2. The number of hydrogen-bond donors (Lipinski definition) is 3. The lowest BCUT2D eigenvalue weighted by molar-refractivity contribution is -0.141. The summed E-state index contributed by atoms with van der Waals surface area (Å²) in [5, 5.41) is 4.97. The molecule has 3 fully saturated rings. The molecule has 12 heteroatoms. The van der Waals surface area contributed by atoms with Gasteiger partial charge in [-0.2, -0.15) is 0 Å². The van der Waals surface area contributed by atoms with E-state index in [0.717, 1.165) is 32.1 Å². The Bertz CT molecular complexity index is 1130. The number of hydrogen-bond acceptors (Lipinski definition) is 7. The van der Waals surface area contributed by atoms with Gasteiger partial charge in [0.25, 0.3) is 5.91 Å². The van der Waals surface area contributed by atoms with Crippen LogP contribution in [-0.4, -0.2) is 72.2 Å². The van der Waals surface area contributed by atoms with Gasteiger partial charge in [-0.15, -0.1) is 0 Å². The number of sulfonamides is 1. The Hall–Kier alpha value is -2.63. The normalized spacial score (nSPS) is 31.2. The number of ether oxygens (including phenoxy) is 1. The Balaban J connectivity index is 1.54. The van der Waals surface area contributed by atoms with Gasteiger partial charge < -0.3 is 20.3 Å². The Morgan fingerprint density at radius 2 is 1.73 bits per heavy atom. The fraction of sp³-hybridized carbons (Fsp3) is 0.786. The first-order valence-corrected chi connectivity index (χ1v) is 16.2. The number of allylic oxidation sites excluding steroid dienone is 1. The van der Waals surface area contributed by atoms with E-state index in [9.17, 15) is 27.6 Å². The molecule has 2 heterocycles. The summed E-state index contributed by atoms with van der Waals surface area (Å²) in [5.41, 5.74) is -2.10. The van der Waals surface area contributed by atoms with Gasteiger partial charge in [0.2, 0.25) is 21.8 Å². The van der Waals surface area contributed by atoms with Crippen molar-refractivity contribution in [1.82, 2.24) is 20.3 Å². The second-order valence-corrected chi connectivity index (χ2v) is 14.6. The van der Waals surface area contributed by atoms with Gasteiger partial charge in [0.15, 0.2) is 0 Å². The van der Waals surface area contributed by atoms with Crippen molar-refractivity contribution in [2.24, 2.45) is 5.92 Å². The van der Waals surface area contributed by atoms with Gasteiger partial charge in [-0.1, -0.05) is 37.8 Å². The lowest BCUT2D eigenvalue weighted by Gasteiger charge is -2.30. The number of carbonyl (C=O) groups is 4. The average Bonchev–Trinajstić information content (AvgIpc) is 3.25. The van der Waals surface area contributed by atoms with Crippen LogP contribution in [0.4, 0.5) is 4.79 Å². The summed E-state index contributed by atoms with van der Waals surface area (Å²) in [4.78, 5) is 54.7. The van der Waals surface area contributed by atoms with E-state index in [4.69, 9.17) is 4.74 Å². The van der Waals surface area contributed by atoms with Gasteiger partial charge in [0.05, 0.1) is 5.25 Å². The minimum Gasteiger partial charge on any atom is -0.444 e. The van der Waals surface area contributed by atoms with Crippen molar-refractivity contribution in [3.8, 4) is 0 Å². The quantitative estimate of drug-likeness (QED) is 0.433. The lowest BCUT2D eigenvalue weighted by Crippen LogP contribution is -2.58. The molecule has 0 bridgehead atoms. The average molecular weight is 581 g/mol. The van der Waals surface area contributed by atoms with Crippen LogP contribution in [0, 0.1) is 5.92 Å². The Kier molecular flexibility index (Phi) is 9.16. The summed E-state index contributed by atoms with van der Waals surface area (Å²) in [7, 11) is -3.85. The summed E-state index contributed by atoms with van der Waals surface area (Å²) in [6, 6.07) is -1.66. The van der Waals surface area contributed by atoms with E-state index < -0.39 is 56.4 Å². The highest BCUT2D eigenvalue weighted by Crippen LogP contribution is 2.46. The summed E-state index contributed by atoms with van der Waals surface area (Å²) in [6.45, 7) is 5.59. The van der Waals surface area contributed by atoms with Crippen LogP contribution in [0.5, 0.6) is 0 Å². The van der Waals surface area contributed by atoms with E-state index in [1.807, 2.05) is 12.2 Å². The molecule has 0 aromatic rings. The van der Waals surface area contributed by atoms with Crippen LogP contribution < -0.4 is 15.4 Å². The topological polar surface area (TPSA) is 151 Å². The van der Waals surface area contributed by atoms with E-state index in [0.29, 0.717) is 51.5 Å². The van der Waals surface area contributed by atoms with Crippen molar-refractivity contribution >= 4 is 33.8 Å². The SMILES string of the molecule is CC(C)(C)OC(=O)N[C@H]1CCCCC/C=C\[C@@H]2C[C@@]2(C(=O)NS(=O)(=O)C2CCCC2)NC(=O)[C@@H]2CCCN2C1=O. The third-order valence-electron chi connectivity index (χ3n) is 8.30. The van der Waals surface area contributed by atoms with Crippen LogP contribution >= 0.6 is 0 Å². The third-order valence-corrected chi connectivity index (χ3v) is 10.1. The van der Waals surface area contributed by atoms with Gasteiger partial charge >= 0.3 is 6.09 Å². The van der Waals surface area contributed by atoms with Crippen molar-refractivity contribution in [3.63, 3.8) is 0 Å². The number of alkyl carbamates (subject to hydrolysis) is 1. The van der Waals surface area contributed by atoms with Gasteiger partial charge in [-0.3, -0.25) is 19.1 Å².